The highest BCUT2D eigenvalue weighted by molar-refractivity contribution is 5.60. The first-order valence-electron chi connectivity index (χ1n) is 14.5. The van der Waals surface area contributed by atoms with Crippen LogP contribution >= 0.6 is 0 Å². The van der Waals surface area contributed by atoms with Gasteiger partial charge in [-0.05, 0) is 106 Å². The standard InChI is InChI=1S/C34H47N3O3/c1-10-22-13-28(14-23(11-2)31(22)38)34(4,29-15-24(12-3)32(39)25(16-29)19-35(5)6)30-17-26(20-36(7)8)33-27(18-30)21-37(9)40-33/h13-18,38-39H,10-12,19-21H2,1-9H3/t34-/m1/s1. The zero-order chi connectivity index (χ0) is 29.4. The normalized spacial score (nSPS) is 15.0. The molecule has 0 spiro atoms. The van der Waals surface area contributed by atoms with Crippen molar-refractivity contribution in [1.82, 2.24) is 14.9 Å². The highest BCUT2D eigenvalue weighted by Crippen LogP contribution is 2.46. The number of hydrogen-bond donors (Lipinski definition) is 2. The Morgan fingerprint density at radius 2 is 1.10 bits per heavy atom. The summed E-state index contributed by atoms with van der Waals surface area (Å²) in [5.74, 6) is 1.74. The molecular formula is C34H47N3O3. The summed E-state index contributed by atoms with van der Waals surface area (Å²) in [4.78, 5) is 10.4. The number of aromatic hydroxyl groups is 2. The van der Waals surface area contributed by atoms with E-state index in [-0.39, 0.29) is 0 Å². The molecule has 0 bridgehead atoms. The van der Waals surface area contributed by atoms with Gasteiger partial charge in [0.05, 0.1) is 6.54 Å². The zero-order valence-corrected chi connectivity index (χ0v) is 25.9. The summed E-state index contributed by atoms with van der Waals surface area (Å²) in [6.45, 7) is 10.7. The van der Waals surface area contributed by atoms with Gasteiger partial charge in [-0.1, -0.05) is 39.0 Å². The van der Waals surface area contributed by atoms with E-state index in [0.29, 0.717) is 18.0 Å². The zero-order valence-electron chi connectivity index (χ0n) is 25.9. The molecule has 0 saturated heterocycles. The molecule has 6 nitrogen and oxygen atoms in total. The van der Waals surface area contributed by atoms with Crippen molar-refractivity contribution in [2.24, 2.45) is 0 Å². The molecule has 216 valence electrons. The Morgan fingerprint density at radius 1 is 0.700 bits per heavy atom. The lowest BCUT2D eigenvalue weighted by atomic mass is 9.68. The Bertz CT molecular complexity index is 1360. The van der Waals surface area contributed by atoms with Crippen LogP contribution in [0.1, 0.15) is 77.8 Å². The molecule has 1 aliphatic rings. The first-order valence-corrected chi connectivity index (χ1v) is 14.5. The molecule has 3 aromatic carbocycles. The van der Waals surface area contributed by atoms with E-state index in [1.54, 1.807) is 0 Å². The summed E-state index contributed by atoms with van der Waals surface area (Å²) in [5.41, 5.74) is 9.04. The predicted molar refractivity (Wildman–Crippen MR) is 163 cm³/mol. The molecule has 0 aromatic heterocycles. The van der Waals surface area contributed by atoms with Crippen molar-refractivity contribution in [3.8, 4) is 17.2 Å². The van der Waals surface area contributed by atoms with Crippen LogP contribution in [0.15, 0.2) is 36.4 Å². The second kappa shape index (κ2) is 11.8. The monoisotopic (exact) mass is 545 g/mol. The van der Waals surface area contributed by atoms with Crippen LogP contribution in [-0.2, 0) is 44.3 Å². The number of aryl methyl sites for hydroxylation is 3. The minimum atomic E-state index is -0.544. The van der Waals surface area contributed by atoms with Gasteiger partial charge in [0, 0.05) is 42.2 Å². The van der Waals surface area contributed by atoms with E-state index in [2.05, 4.69) is 88.0 Å². The van der Waals surface area contributed by atoms with Gasteiger partial charge in [-0.3, -0.25) is 0 Å². The number of hydroxylamine groups is 2. The van der Waals surface area contributed by atoms with Crippen LogP contribution in [0.2, 0.25) is 0 Å². The Labute approximate surface area is 240 Å². The number of phenolic OH excluding ortho intramolecular Hbond substituents is 2. The van der Waals surface area contributed by atoms with Crippen molar-refractivity contribution < 1.29 is 15.1 Å². The summed E-state index contributed by atoms with van der Waals surface area (Å²) in [5, 5.41) is 24.1. The predicted octanol–water partition coefficient (Wildman–Crippen LogP) is 6.00. The van der Waals surface area contributed by atoms with E-state index in [4.69, 9.17) is 4.84 Å². The lowest BCUT2D eigenvalue weighted by molar-refractivity contribution is -0.0148. The molecule has 0 fully saturated rings. The molecule has 6 heteroatoms. The Morgan fingerprint density at radius 3 is 1.57 bits per heavy atom. The van der Waals surface area contributed by atoms with Crippen molar-refractivity contribution in [3.63, 3.8) is 0 Å². The fraction of sp³-hybridized carbons (Fsp3) is 0.471. The van der Waals surface area contributed by atoms with Crippen molar-refractivity contribution >= 4 is 0 Å². The van der Waals surface area contributed by atoms with Gasteiger partial charge in [-0.25, -0.2) is 0 Å². The second-order valence-corrected chi connectivity index (χ2v) is 11.9. The van der Waals surface area contributed by atoms with Crippen LogP contribution in [0.25, 0.3) is 0 Å². The number of hydrogen-bond acceptors (Lipinski definition) is 6. The number of benzene rings is 3. The quantitative estimate of drug-likeness (QED) is 0.305. The summed E-state index contributed by atoms with van der Waals surface area (Å²) in [6.07, 6.45) is 2.24. The Hall–Kier alpha value is -3.06. The summed E-state index contributed by atoms with van der Waals surface area (Å²) in [7, 11) is 10.2. The maximum absolute atomic E-state index is 11.2. The first kappa shape index (κ1) is 29.9. The van der Waals surface area contributed by atoms with Gasteiger partial charge in [0.25, 0.3) is 0 Å². The molecule has 0 saturated carbocycles. The third kappa shape index (κ3) is 5.58. The van der Waals surface area contributed by atoms with E-state index in [1.165, 1.54) is 11.1 Å². The van der Waals surface area contributed by atoms with Crippen molar-refractivity contribution in [1.29, 1.82) is 0 Å². The highest BCUT2D eigenvalue weighted by atomic mass is 16.7. The molecule has 1 aliphatic heterocycles. The SMILES string of the molecule is CCc1cc([C@](C)(c2cc(CC)c(O)c(CN(C)C)c2)c2cc(CN(C)C)c3c(c2)CN(C)O3)cc(CC)c1O. The van der Waals surface area contributed by atoms with Crippen LogP contribution in [0.4, 0.5) is 0 Å². The van der Waals surface area contributed by atoms with E-state index < -0.39 is 5.41 Å². The largest absolute Gasteiger partial charge is 0.507 e. The number of rotatable bonds is 10. The Balaban J connectivity index is 2.09. The summed E-state index contributed by atoms with van der Waals surface area (Å²) >= 11 is 0. The molecule has 4 rings (SSSR count). The van der Waals surface area contributed by atoms with E-state index in [9.17, 15) is 10.2 Å². The molecule has 0 radical (unpaired) electrons. The van der Waals surface area contributed by atoms with Gasteiger partial charge < -0.3 is 24.9 Å². The van der Waals surface area contributed by atoms with Crippen molar-refractivity contribution in [2.45, 2.75) is 72.0 Å². The minimum Gasteiger partial charge on any atom is -0.507 e. The minimum absolute atomic E-state index is 0.383. The highest BCUT2D eigenvalue weighted by Gasteiger charge is 2.36. The third-order valence-corrected chi connectivity index (χ3v) is 8.27. The summed E-state index contributed by atoms with van der Waals surface area (Å²) in [6, 6.07) is 13.3. The number of fused-ring (bicyclic) bond motifs is 1. The van der Waals surface area contributed by atoms with Crippen LogP contribution in [-0.4, -0.2) is 60.3 Å². The topological polar surface area (TPSA) is 59.4 Å². The molecule has 0 unspecified atom stereocenters. The maximum Gasteiger partial charge on any atom is 0.156 e. The van der Waals surface area contributed by atoms with Gasteiger partial charge in [-0.2, -0.15) is 0 Å². The molecule has 2 N–H and O–H groups in total. The van der Waals surface area contributed by atoms with Crippen LogP contribution in [0.3, 0.4) is 0 Å². The van der Waals surface area contributed by atoms with Gasteiger partial charge in [0.15, 0.2) is 5.75 Å². The maximum atomic E-state index is 11.2. The van der Waals surface area contributed by atoms with Crippen LogP contribution in [0.5, 0.6) is 17.2 Å². The average Bonchev–Trinajstić information content (AvgIpc) is 3.29. The molecule has 0 aliphatic carbocycles. The second-order valence-electron chi connectivity index (χ2n) is 11.9. The molecule has 0 amide bonds. The average molecular weight is 546 g/mol. The molecular weight excluding hydrogens is 498 g/mol. The third-order valence-electron chi connectivity index (χ3n) is 8.27. The Kier molecular flexibility index (Phi) is 8.83. The van der Waals surface area contributed by atoms with E-state index in [1.807, 2.05) is 26.2 Å². The molecule has 3 aromatic rings. The summed E-state index contributed by atoms with van der Waals surface area (Å²) < 4.78 is 0. The van der Waals surface area contributed by atoms with Crippen molar-refractivity contribution in [3.05, 3.63) is 86.5 Å². The number of nitrogens with zero attached hydrogens (tertiary/aromatic N) is 3. The first-order chi connectivity index (χ1) is 18.9. The van der Waals surface area contributed by atoms with E-state index in [0.717, 1.165) is 77.0 Å². The fourth-order valence-corrected chi connectivity index (χ4v) is 6.03. The molecule has 1 atom stereocenters. The molecule has 40 heavy (non-hydrogen) atoms. The van der Waals surface area contributed by atoms with Crippen LogP contribution in [0, 0.1) is 0 Å². The van der Waals surface area contributed by atoms with Crippen LogP contribution < -0.4 is 4.84 Å². The van der Waals surface area contributed by atoms with Crippen molar-refractivity contribution in [2.75, 3.05) is 35.2 Å². The number of phenols is 2. The lowest BCUT2D eigenvalue weighted by Gasteiger charge is -2.35. The van der Waals surface area contributed by atoms with Gasteiger partial charge in [0.2, 0.25) is 0 Å². The molecule has 1 heterocycles. The smallest absolute Gasteiger partial charge is 0.156 e. The van der Waals surface area contributed by atoms with E-state index >= 15 is 0 Å². The van der Waals surface area contributed by atoms with Gasteiger partial charge in [-0.15, -0.1) is 5.06 Å². The lowest BCUT2D eigenvalue weighted by Crippen LogP contribution is -2.27. The van der Waals surface area contributed by atoms with Gasteiger partial charge >= 0.3 is 0 Å². The van der Waals surface area contributed by atoms with Gasteiger partial charge in [0.1, 0.15) is 11.5 Å². The fourth-order valence-electron chi connectivity index (χ4n) is 6.03.